The Kier molecular flexibility index (Phi) is 1.88. The SMILES string of the molecule is [2H]C([2H])(c1ccc(C(C)(C)C)c(F)c1)N1C([2H])([2H])C([2H])(C)OC([2H])(C([2H])([2H])[2H])C1([2H])[2H]. The number of morpholine rings is 1. The topological polar surface area (TPSA) is 12.5 Å². The minimum absolute atomic E-state index is 0.144. The third kappa shape index (κ3) is 3.80. The Bertz CT molecular complexity index is 863. The smallest absolute Gasteiger partial charge is 0.127 e. The Labute approximate surface area is 137 Å². The van der Waals surface area contributed by atoms with Crippen molar-refractivity contribution in [3.05, 3.63) is 35.1 Å². The summed E-state index contributed by atoms with van der Waals surface area (Å²) >= 11 is 0. The molecule has 20 heavy (non-hydrogen) atoms. The van der Waals surface area contributed by atoms with E-state index in [0.29, 0.717) is 0 Å². The average Bonchev–Trinajstić information content (AvgIpc) is 2.49. The van der Waals surface area contributed by atoms with Crippen LogP contribution in [0.1, 0.15) is 60.8 Å². The van der Waals surface area contributed by atoms with Crippen LogP contribution in [0.3, 0.4) is 0 Å². The molecule has 2 atom stereocenters. The molecular formula is C17H26FNO. The summed E-state index contributed by atoms with van der Waals surface area (Å²) < 4.78 is 109. The van der Waals surface area contributed by atoms with Gasteiger partial charge in [0.1, 0.15) is 5.82 Å². The summed E-state index contributed by atoms with van der Waals surface area (Å²) in [7, 11) is 0. The van der Waals surface area contributed by atoms with Gasteiger partial charge in [0.2, 0.25) is 0 Å². The van der Waals surface area contributed by atoms with Crippen molar-refractivity contribution in [3.8, 4) is 0 Å². The molecule has 112 valence electrons. The van der Waals surface area contributed by atoms with E-state index in [0.717, 1.165) is 19.1 Å². The molecule has 0 bridgehead atoms. The van der Waals surface area contributed by atoms with Crippen LogP contribution in [-0.2, 0) is 16.6 Å². The van der Waals surface area contributed by atoms with Crippen LogP contribution >= 0.6 is 0 Å². The lowest BCUT2D eigenvalue weighted by molar-refractivity contribution is -0.0705. The summed E-state index contributed by atoms with van der Waals surface area (Å²) in [6.07, 6.45) is -6.37. The highest BCUT2D eigenvalue weighted by atomic mass is 19.1. The molecule has 3 heteroatoms. The molecular weight excluding hydrogens is 253 g/mol. The summed E-state index contributed by atoms with van der Waals surface area (Å²) in [4.78, 5) is -0.144. The third-order valence-electron chi connectivity index (χ3n) is 2.76. The molecule has 0 amide bonds. The van der Waals surface area contributed by atoms with E-state index in [1.165, 1.54) is 6.07 Å². The highest BCUT2D eigenvalue weighted by Crippen LogP contribution is 2.26. The largest absolute Gasteiger partial charge is 0.373 e. The van der Waals surface area contributed by atoms with Crippen LogP contribution in [0, 0.1) is 5.82 Å². The van der Waals surface area contributed by atoms with Gasteiger partial charge in [-0.25, -0.2) is 4.39 Å². The molecule has 0 aromatic heterocycles. The standard InChI is InChI=1S/C17H26FNO/c1-12-9-19(10-13(2)20-12)11-14-6-7-15(16(18)8-14)17(3,4)5/h6-8,12-13H,9-11H2,1-5H3/i1D3,9D2,10D2,11D2,12D,13D. The zero-order valence-corrected chi connectivity index (χ0v) is 12.0. The van der Waals surface area contributed by atoms with E-state index >= 15 is 0 Å². The summed E-state index contributed by atoms with van der Waals surface area (Å²) in [6.45, 7) is -7.54. The van der Waals surface area contributed by atoms with Gasteiger partial charge in [-0.05, 0) is 36.4 Å². The van der Waals surface area contributed by atoms with E-state index in [-0.39, 0.29) is 10.5 Å². The molecule has 1 heterocycles. The molecule has 1 aliphatic heterocycles. The summed E-state index contributed by atoms with van der Waals surface area (Å²) in [5.74, 6) is -0.815. The van der Waals surface area contributed by atoms with Crippen molar-refractivity contribution in [2.45, 2.75) is 58.6 Å². The van der Waals surface area contributed by atoms with Gasteiger partial charge in [0.25, 0.3) is 0 Å². The van der Waals surface area contributed by atoms with Gasteiger partial charge in [-0.3, -0.25) is 4.90 Å². The van der Waals surface area contributed by atoms with Gasteiger partial charge < -0.3 is 4.74 Å². The predicted octanol–water partition coefficient (Wildman–Crippen LogP) is 3.73. The molecule has 0 saturated carbocycles. The molecule has 1 fully saturated rings. The van der Waals surface area contributed by atoms with E-state index < -0.39 is 55.3 Å². The Morgan fingerprint density at radius 1 is 1.50 bits per heavy atom. The number of rotatable bonds is 2. The molecule has 2 unspecified atom stereocenters. The normalized spacial score (nSPS) is 46.8. The second-order valence-corrected chi connectivity index (χ2v) is 5.60. The van der Waals surface area contributed by atoms with E-state index in [1.807, 2.05) is 0 Å². The molecule has 1 aromatic rings. The second kappa shape index (κ2) is 5.82. The first-order chi connectivity index (χ1) is 13.4. The Morgan fingerprint density at radius 2 is 2.20 bits per heavy atom. The lowest BCUT2D eigenvalue weighted by Gasteiger charge is -2.35. The molecule has 1 aliphatic rings. The first-order valence-electron chi connectivity index (χ1n) is 11.8. The number of nitrogens with zero attached hydrogens (tertiary/aromatic N) is 1. The monoisotopic (exact) mass is 290 g/mol. The second-order valence-electron chi connectivity index (χ2n) is 5.60. The molecule has 0 spiro atoms. The van der Waals surface area contributed by atoms with Gasteiger partial charge in [0, 0.05) is 31.8 Å². The van der Waals surface area contributed by atoms with Gasteiger partial charge >= 0.3 is 0 Å². The van der Waals surface area contributed by atoms with Crippen LogP contribution in [0.5, 0.6) is 0 Å². The van der Waals surface area contributed by atoms with E-state index in [4.69, 9.17) is 19.8 Å². The molecule has 1 saturated heterocycles. The van der Waals surface area contributed by atoms with Gasteiger partial charge in [-0.1, -0.05) is 32.9 Å². The zero-order valence-electron chi connectivity index (χ0n) is 23.0. The van der Waals surface area contributed by atoms with Crippen molar-refractivity contribution in [1.29, 1.82) is 0 Å². The maximum absolute atomic E-state index is 14.8. The Hall–Kier alpha value is -0.930. The summed E-state index contributed by atoms with van der Waals surface area (Å²) in [6, 6.07) is 3.21. The summed E-state index contributed by atoms with van der Waals surface area (Å²) in [5.41, 5.74) is -0.895. The third-order valence-corrected chi connectivity index (χ3v) is 2.76. The first kappa shape index (κ1) is 6.45. The lowest BCUT2D eigenvalue weighted by Crippen LogP contribution is -2.44. The molecule has 0 aliphatic carbocycles. The van der Waals surface area contributed by atoms with Crippen molar-refractivity contribution in [1.82, 2.24) is 4.90 Å². The number of halogens is 1. The number of hydrogen-bond donors (Lipinski definition) is 0. The minimum Gasteiger partial charge on any atom is -0.373 e. The van der Waals surface area contributed by atoms with Crippen LogP contribution < -0.4 is 0 Å². The lowest BCUT2D eigenvalue weighted by atomic mass is 9.86. The predicted molar refractivity (Wildman–Crippen MR) is 80.4 cm³/mol. The first-order valence-corrected chi connectivity index (χ1v) is 6.26. The maximum atomic E-state index is 14.8. The van der Waals surface area contributed by atoms with E-state index in [9.17, 15) is 4.39 Å². The number of hydrogen-bond acceptors (Lipinski definition) is 2. The fraction of sp³-hybridized carbons (Fsp3) is 0.647. The summed E-state index contributed by atoms with van der Waals surface area (Å²) in [5, 5.41) is 0. The Balaban J connectivity index is 2.79. The number of benzene rings is 1. The van der Waals surface area contributed by atoms with Crippen LogP contribution in [0.15, 0.2) is 18.2 Å². The van der Waals surface area contributed by atoms with Crippen molar-refractivity contribution in [3.63, 3.8) is 0 Å². The molecule has 0 radical (unpaired) electrons. The van der Waals surface area contributed by atoms with Crippen LogP contribution in [-0.4, -0.2) is 30.1 Å². The average molecular weight is 290 g/mol. The molecule has 2 rings (SSSR count). The van der Waals surface area contributed by atoms with Crippen molar-refractivity contribution >= 4 is 0 Å². The van der Waals surface area contributed by atoms with Gasteiger partial charge in [-0.15, -0.1) is 0 Å². The zero-order chi connectivity index (χ0) is 24.6. The van der Waals surface area contributed by atoms with Crippen LogP contribution in [0.4, 0.5) is 4.39 Å². The van der Waals surface area contributed by atoms with Gasteiger partial charge in [-0.2, -0.15) is 0 Å². The van der Waals surface area contributed by atoms with Crippen molar-refractivity contribution in [2.24, 2.45) is 0 Å². The van der Waals surface area contributed by atoms with Gasteiger partial charge in [0.15, 0.2) is 0 Å². The molecule has 2 nitrogen and oxygen atoms in total. The fourth-order valence-electron chi connectivity index (χ4n) is 1.86. The van der Waals surface area contributed by atoms with Crippen molar-refractivity contribution in [2.75, 3.05) is 13.0 Å². The number of ether oxygens (including phenoxy) is 1. The minimum atomic E-state index is -3.59. The van der Waals surface area contributed by atoms with Crippen molar-refractivity contribution < 1.29 is 24.2 Å². The molecule has 1 aromatic carbocycles. The molecule has 0 N–H and O–H groups in total. The highest BCUT2D eigenvalue weighted by molar-refractivity contribution is 5.29. The van der Waals surface area contributed by atoms with E-state index in [1.54, 1.807) is 20.8 Å². The van der Waals surface area contributed by atoms with E-state index in [2.05, 4.69) is 0 Å². The maximum Gasteiger partial charge on any atom is 0.127 e. The fourth-order valence-corrected chi connectivity index (χ4v) is 1.86. The van der Waals surface area contributed by atoms with Crippen LogP contribution in [0.2, 0.25) is 0 Å². The Morgan fingerprint density at radius 3 is 2.80 bits per heavy atom. The highest BCUT2D eigenvalue weighted by Gasteiger charge is 2.23. The quantitative estimate of drug-likeness (QED) is 0.823. The van der Waals surface area contributed by atoms with Gasteiger partial charge in [0.05, 0.1) is 14.9 Å². The van der Waals surface area contributed by atoms with Crippen LogP contribution in [0.25, 0.3) is 0 Å².